The highest BCUT2D eigenvalue weighted by molar-refractivity contribution is 6.32. The van der Waals surface area contributed by atoms with Gasteiger partial charge in [-0.2, -0.15) is 0 Å². The average molecular weight is 496 g/mol. The van der Waals surface area contributed by atoms with Crippen molar-refractivity contribution in [1.82, 2.24) is 4.98 Å². The molecule has 3 aromatic carbocycles. The molecule has 0 atom stereocenters. The third kappa shape index (κ3) is 4.06. The van der Waals surface area contributed by atoms with Crippen molar-refractivity contribution < 1.29 is 18.3 Å². The van der Waals surface area contributed by atoms with Crippen LogP contribution in [0.1, 0.15) is 39.2 Å². The molecule has 0 aliphatic heterocycles. The number of pyridine rings is 1. The van der Waals surface area contributed by atoms with Gasteiger partial charge in [0.1, 0.15) is 18.2 Å². The second-order valence-corrected chi connectivity index (χ2v) is 8.73. The van der Waals surface area contributed by atoms with Gasteiger partial charge in [0, 0.05) is 16.5 Å². The first-order valence-corrected chi connectivity index (χ1v) is 11.4. The van der Waals surface area contributed by atoms with Crippen molar-refractivity contribution in [2.45, 2.75) is 19.4 Å². The summed E-state index contributed by atoms with van der Waals surface area (Å²) < 4.78 is 34.1. The Kier molecular flexibility index (Phi) is 6.07. The fourth-order valence-corrected chi connectivity index (χ4v) is 4.65. The normalized spacial score (nSPS) is 13.9. The predicted octanol–water partition coefficient (Wildman–Crippen LogP) is 7.66. The summed E-state index contributed by atoms with van der Waals surface area (Å²) in [6.07, 6.45) is 2.76. The fraction of sp³-hybridized carbons (Fsp3) is 0.111. The molecule has 0 N–H and O–H groups in total. The van der Waals surface area contributed by atoms with Crippen LogP contribution in [0.5, 0.6) is 0 Å². The number of ether oxygens (including phenoxy) is 1. The molecular formula is C27H17Cl2F2NO2. The first-order valence-electron chi connectivity index (χ1n) is 10.6. The molecule has 0 spiro atoms. The molecule has 1 aliphatic rings. The lowest BCUT2D eigenvalue weighted by molar-refractivity contribution is 0.0470. The monoisotopic (exact) mass is 495 g/mol. The van der Waals surface area contributed by atoms with E-state index in [-0.39, 0.29) is 22.8 Å². The van der Waals surface area contributed by atoms with Gasteiger partial charge in [0.05, 0.1) is 26.8 Å². The third-order valence-electron chi connectivity index (χ3n) is 5.87. The van der Waals surface area contributed by atoms with E-state index < -0.39 is 17.6 Å². The predicted molar refractivity (Wildman–Crippen MR) is 130 cm³/mol. The lowest BCUT2D eigenvalue weighted by Crippen LogP contribution is -2.11. The minimum atomic E-state index is -0.598. The Labute approximate surface area is 204 Å². The summed E-state index contributed by atoms with van der Waals surface area (Å²) in [4.78, 5) is 18.0. The summed E-state index contributed by atoms with van der Waals surface area (Å²) in [7, 11) is 0. The summed E-state index contributed by atoms with van der Waals surface area (Å²) in [5, 5.41) is 1.11. The number of carbonyl (C=O) groups excluding carboxylic acids is 1. The lowest BCUT2D eigenvalue weighted by Gasteiger charge is -2.13. The van der Waals surface area contributed by atoms with E-state index in [9.17, 15) is 13.6 Å². The Morgan fingerprint density at radius 2 is 1.68 bits per heavy atom. The largest absolute Gasteiger partial charge is 0.457 e. The second-order valence-electron chi connectivity index (χ2n) is 7.91. The maximum absolute atomic E-state index is 14.4. The quantitative estimate of drug-likeness (QED) is 0.272. The van der Waals surface area contributed by atoms with E-state index in [2.05, 4.69) is 0 Å². The van der Waals surface area contributed by atoms with Crippen LogP contribution in [0.3, 0.4) is 0 Å². The van der Waals surface area contributed by atoms with Crippen LogP contribution >= 0.6 is 23.2 Å². The van der Waals surface area contributed by atoms with E-state index in [1.807, 2.05) is 12.1 Å². The molecule has 0 saturated heterocycles. The summed E-state index contributed by atoms with van der Waals surface area (Å²) >= 11 is 12.3. The number of rotatable bonds is 4. The maximum atomic E-state index is 14.4. The number of nitrogens with zero attached hydrogens (tertiary/aromatic N) is 1. The summed E-state index contributed by atoms with van der Waals surface area (Å²) in [6, 6.07) is 16.0. The molecule has 5 rings (SSSR count). The van der Waals surface area contributed by atoms with E-state index in [0.29, 0.717) is 45.6 Å². The van der Waals surface area contributed by atoms with Crippen LogP contribution < -0.4 is 0 Å². The fourth-order valence-electron chi connectivity index (χ4n) is 4.22. The zero-order chi connectivity index (χ0) is 23.8. The SMILES string of the molecule is O=C(OCc1c(F)cccc1Cl)c1c2c(nc3ccccc13)C(=Cc1c(F)cccc1Cl)CC2. The van der Waals surface area contributed by atoms with Crippen molar-refractivity contribution in [2.75, 3.05) is 0 Å². The molecule has 0 amide bonds. The van der Waals surface area contributed by atoms with Crippen molar-refractivity contribution in [3.63, 3.8) is 0 Å². The minimum Gasteiger partial charge on any atom is -0.457 e. The molecule has 34 heavy (non-hydrogen) atoms. The highest BCUT2D eigenvalue weighted by atomic mass is 35.5. The van der Waals surface area contributed by atoms with Crippen LogP contribution in [0, 0.1) is 11.6 Å². The number of halogens is 4. The van der Waals surface area contributed by atoms with E-state index in [4.69, 9.17) is 32.9 Å². The highest BCUT2D eigenvalue weighted by Gasteiger charge is 2.28. The van der Waals surface area contributed by atoms with Crippen LogP contribution in [0.2, 0.25) is 10.0 Å². The molecule has 1 heterocycles. The number of aromatic nitrogens is 1. The average Bonchev–Trinajstić information content (AvgIpc) is 3.21. The number of hydrogen-bond donors (Lipinski definition) is 0. The summed E-state index contributed by atoms with van der Waals surface area (Å²) in [5.41, 5.74) is 3.46. The minimum absolute atomic E-state index is 0.113. The molecule has 4 aromatic rings. The zero-order valence-corrected chi connectivity index (χ0v) is 19.3. The lowest BCUT2D eigenvalue weighted by atomic mass is 10.0. The first kappa shape index (κ1) is 22.5. The van der Waals surface area contributed by atoms with Gasteiger partial charge in [-0.25, -0.2) is 18.6 Å². The Balaban J connectivity index is 1.58. The molecule has 0 fully saturated rings. The van der Waals surface area contributed by atoms with Gasteiger partial charge in [-0.3, -0.25) is 0 Å². The van der Waals surface area contributed by atoms with E-state index in [0.717, 1.165) is 5.57 Å². The van der Waals surface area contributed by atoms with Gasteiger partial charge >= 0.3 is 5.97 Å². The van der Waals surface area contributed by atoms with Gasteiger partial charge in [0.25, 0.3) is 0 Å². The molecule has 3 nitrogen and oxygen atoms in total. The molecule has 0 saturated carbocycles. The molecule has 0 radical (unpaired) electrons. The Morgan fingerprint density at radius 1 is 0.941 bits per heavy atom. The van der Waals surface area contributed by atoms with Crippen LogP contribution in [0.25, 0.3) is 22.6 Å². The number of benzene rings is 3. The topological polar surface area (TPSA) is 39.2 Å². The van der Waals surface area contributed by atoms with Crippen LogP contribution in [0.15, 0.2) is 60.7 Å². The maximum Gasteiger partial charge on any atom is 0.339 e. The molecule has 0 unspecified atom stereocenters. The van der Waals surface area contributed by atoms with Gasteiger partial charge in [-0.1, -0.05) is 53.5 Å². The van der Waals surface area contributed by atoms with E-state index in [1.165, 1.54) is 24.3 Å². The van der Waals surface area contributed by atoms with Gasteiger partial charge in [-0.05, 0) is 60.4 Å². The number of carbonyl (C=O) groups is 1. The summed E-state index contributed by atoms with van der Waals surface area (Å²) in [5.74, 6) is -1.58. The van der Waals surface area contributed by atoms with Crippen LogP contribution in [-0.4, -0.2) is 11.0 Å². The van der Waals surface area contributed by atoms with Crippen molar-refractivity contribution in [3.05, 3.63) is 110 Å². The van der Waals surface area contributed by atoms with Gasteiger partial charge in [-0.15, -0.1) is 0 Å². The van der Waals surface area contributed by atoms with Crippen LogP contribution in [0.4, 0.5) is 8.78 Å². The number of para-hydroxylation sites is 1. The molecular weight excluding hydrogens is 479 g/mol. The number of allylic oxidation sites excluding steroid dienone is 1. The van der Waals surface area contributed by atoms with Gasteiger partial charge in [0.15, 0.2) is 0 Å². The molecule has 1 aliphatic carbocycles. The first-order chi connectivity index (χ1) is 16.4. The Morgan fingerprint density at radius 3 is 2.44 bits per heavy atom. The number of esters is 1. The number of hydrogen-bond acceptors (Lipinski definition) is 3. The van der Waals surface area contributed by atoms with E-state index >= 15 is 0 Å². The third-order valence-corrected chi connectivity index (χ3v) is 6.56. The van der Waals surface area contributed by atoms with Gasteiger partial charge in [0.2, 0.25) is 0 Å². The molecule has 7 heteroatoms. The Bertz CT molecular complexity index is 1440. The Hall–Kier alpha value is -3.28. The molecule has 1 aromatic heterocycles. The molecule has 170 valence electrons. The van der Waals surface area contributed by atoms with Crippen molar-refractivity contribution in [1.29, 1.82) is 0 Å². The van der Waals surface area contributed by atoms with E-state index in [1.54, 1.807) is 30.3 Å². The second kappa shape index (κ2) is 9.16. The van der Waals surface area contributed by atoms with Crippen LogP contribution in [-0.2, 0) is 17.8 Å². The standard InChI is InChI=1S/C27H17Cl2F2NO2/c28-20-6-3-8-22(30)18(20)13-15-11-12-17-25(16-5-1-2-10-24(16)32-26(15)17)27(33)34-14-19-21(29)7-4-9-23(19)31/h1-10,13H,11-12,14H2. The van der Waals surface area contributed by atoms with Crippen molar-refractivity contribution in [2.24, 2.45) is 0 Å². The number of fused-ring (bicyclic) bond motifs is 2. The van der Waals surface area contributed by atoms with Crippen molar-refractivity contribution >= 4 is 51.7 Å². The highest BCUT2D eigenvalue weighted by Crippen LogP contribution is 2.39. The summed E-state index contributed by atoms with van der Waals surface area (Å²) in [6.45, 7) is -0.302. The van der Waals surface area contributed by atoms with Gasteiger partial charge < -0.3 is 4.74 Å². The zero-order valence-electron chi connectivity index (χ0n) is 17.7. The van der Waals surface area contributed by atoms with Crippen molar-refractivity contribution in [3.8, 4) is 0 Å². The smallest absolute Gasteiger partial charge is 0.339 e. The molecule has 0 bridgehead atoms.